The van der Waals surface area contributed by atoms with Crippen molar-refractivity contribution in [3.63, 3.8) is 0 Å². The minimum absolute atomic E-state index is 0.0146. The number of azide groups is 1. The second kappa shape index (κ2) is 16.2. The average molecular weight is 655 g/mol. The van der Waals surface area contributed by atoms with Crippen LogP contribution in [0, 0.1) is 0 Å². The largest absolute Gasteiger partial charge is 0.490 e. The number of phosphoric ester groups is 1. The third kappa shape index (κ3) is 13.4. The van der Waals surface area contributed by atoms with E-state index in [0.717, 1.165) is 10.8 Å². The molecule has 234 valence electrons. The number of nitrogens with one attached hydrogen (secondary N) is 1. The van der Waals surface area contributed by atoms with E-state index in [1.165, 1.54) is 0 Å². The first-order chi connectivity index (χ1) is 19.1. The molecule has 1 saturated heterocycles. The van der Waals surface area contributed by atoms with Gasteiger partial charge >= 0.3 is 29.2 Å². The molecule has 22 nitrogen and oxygen atoms in total. The molecule has 2 unspecified atom stereocenters. The summed E-state index contributed by atoms with van der Waals surface area (Å²) in [6.45, 7) is 0.0327. The molecule has 1 aliphatic rings. The van der Waals surface area contributed by atoms with Gasteiger partial charge in [0.1, 0.15) is 12.3 Å². The maximum atomic E-state index is 12.3. The summed E-state index contributed by atoms with van der Waals surface area (Å²) in [5, 5.41) is 13.5. The summed E-state index contributed by atoms with van der Waals surface area (Å²) in [5.41, 5.74) is 6.50. The maximum Gasteiger partial charge on any atom is 0.490 e. The molecule has 1 aliphatic heterocycles. The van der Waals surface area contributed by atoms with Crippen molar-refractivity contribution in [3.05, 3.63) is 43.0 Å². The van der Waals surface area contributed by atoms with Gasteiger partial charge in [-0.25, -0.2) is 18.5 Å². The second-order valence-corrected chi connectivity index (χ2v) is 12.3. The Hall–Kier alpha value is -1.80. The number of ether oxygens (including phenoxy) is 4. The summed E-state index contributed by atoms with van der Waals surface area (Å²) < 4.78 is 67.8. The Balaban J connectivity index is 1.86. The highest BCUT2D eigenvalue weighted by molar-refractivity contribution is 7.66. The predicted molar refractivity (Wildman–Crippen MR) is 131 cm³/mol. The van der Waals surface area contributed by atoms with E-state index in [-0.39, 0.29) is 58.2 Å². The monoisotopic (exact) mass is 655 g/mol. The van der Waals surface area contributed by atoms with Crippen molar-refractivity contribution in [3.8, 4) is 0 Å². The van der Waals surface area contributed by atoms with Crippen molar-refractivity contribution in [2.75, 3.05) is 46.2 Å². The first-order valence-corrected chi connectivity index (χ1v) is 15.8. The highest BCUT2D eigenvalue weighted by Gasteiger charge is 2.43. The molecule has 6 N–H and O–H groups in total. The fourth-order valence-electron chi connectivity index (χ4n) is 3.12. The number of H-pyrrole nitrogens is 1. The van der Waals surface area contributed by atoms with Crippen LogP contribution in [-0.2, 0) is 52.4 Å². The van der Waals surface area contributed by atoms with Crippen LogP contribution < -0.4 is 11.2 Å². The Labute approximate surface area is 229 Å². The minimum Gasteiger partial charge on any atom is -0.390 e. The van der Waals surface area contributed by atoms with E-state index in [1.54, 1.807) is 0 Å². The third-order valence-electron chi connectivity index (χ3n) is 4.77. The van der Waals surface area contributed by atoms with Crippen LogP contribution in [0.15, 0.2) is 20.9 Å². The van der Waals surface area contributed by atoms with Crippen molar-refractivity contribution >= 4 is 23.5 Å². The van der Waals surface area contributed by atoms with Crippen molar-refractivity contribution in [2.24, 2.45) is 5.11 Å². The number of hydrogen-bond acceptors (Lipinski definition) is 14. The zero-order chi connectivity index (χ0) is 30.7. The first kappa shape index (κ1) is 35.4. The fraction of sp³-hybridized carbons (Fsp3) is 0.750. The summed E-state index contributed by atoms with van der Waals surface area (Å²) >= 11 is 0. The molecule has 25 heteroatoms. The molecule has 0 saturated carbocycles. The summed E-state index contributed by atoms with van der Waals surface area (Å²) in [5.74, 6) is 0. The SMILES string of the molecule is [N-]=[N+]=NCCOCCOCCOCc1cn([C@H]2C[C@H](O)[C@@H](COP(=O)(O)OP(=O)(O)OP(=O)(O)O)O2)c(=O)[nH]c1=O. The quantitative estimate of drug-likeness (QED) is 0.0356. The Bertz CT molecular complexity index is 1310. The predicted octanol–water partition coefficient (Wildman–Crippen LogP) is -0.612. The van der Waals surface area contributed by atoms with Crippen LogP contribution in [0.25, 0.3) is 10.4 Å². The van der Waals surface area contributed by atoms with Gasteiger partial charge in [0.25, 0.3) is 5.56 Å². The Kier molecular flexibility index (Phi) is 13.9. The number of aliphatic hydroxyl groups excluding tert-OH is 1. The van der Waals surface area contributed by atoms with Gasteiger partial charge in [0.05, 0.1) is 57.9 Å². The van der Waals surface area contributed by atoms with Crippen molar-refractivity contribution < 1.29 is 70.5 Å². The van der Waals surface area contributed by atoms with Crippen LogP contribution in [0.4, 0.5) is 0 Å². The number of aromatic nitrogens is 2. The number of hydrogen-bond donors (Lipinski definition) is 6. The summed E-state index contributed by atoms with van der Waals surface area (Å²) in [6.07, 6.45) is -3.10. The van der Waals surface area contributed by atoms with Crippen molar-refractivity contribution in [2.45, 2.75) is 31.5 Å². The van der Waals surface area contributed by atoms with Gasteiger partial charge in [-0.3, -0.25) is 18.9 Å². The third-order valence-corrected chi connectivity index (χ3v) is 8.58. The summed E-state index contributed by atoms with van der Waals surface area (Å²) in [4.78, 5) is 64.9. The standard InChI is InChI=1S/C16H28N5O17P3/c17-20-18-1-2-32-3-4-33-5-6-34-9-11-8-21(16(24)19-15(11)23)14-7-12(22)13(36-14)10-35-40(28,29)38-41(30,31)37-39(25,26)27/h8,12-14,22H,1-7,9-10H2,(H,28,29)(H,30,31)(H,19,23,24)(H2,25,26,27)/t12-,13+,14+/m0/s1. The second-order valence-electron chi connectivity index (χ2n) is 7.87. The number of phosphoric acid groups is 3. The van der Waals surface area contributed by atoms with Crippen LogP contribution in [0.2, 0.25) is 0 Å². The lowest BCUT2D eigenvalue weighted by molar-refractivity contribution is -0.0452. The van der Waals surface area contributed by atoms with E-state index < -0.39 is 59.8 Å². The van der Waals surface area contributed by atoms with E-state index in [1.807, 2.05) is 0 Å². The van der Waals surface area contributed by atoms with Gasteiger partial charge in [-0.15, -0.1) is 0 Å². The molecule has 0 aliphatic carbocycles. The molecule has 0 radical (unpaired) electrons. The molecule has 41 heavy (non-hydrogen) atoms. The summed E-state index contributed by atoms with van der Waals surface area (Å²) in [6, 6.07) is 0. The number of nitrogens with zero attached hydrogens (tertiary/aromatic N) is 4. The molecule has 1 aromatic rings. The molecule has 0 spiro atoms. The zero-order valence-corrected chi connectivity index (χ0v) is 23.6. The molecule has 5 atom stereocenters. The van der Waals surface area contributed by atoms with Crippen LogP contribution in [0.1, 0.15) is 18.2 Å². The topological polar surface area (TPSA) is 321 Å². The Morgan fingerprint density at radius 2 is 1.66 bits per heavy atom. The molecule has 1 aromatic heterocycles. The van der Waals surface area contributed by atoms with E-state index in [9.17, 15) is 38.2 Å². The van der Waals surface area contributed by atoms with E-state index in [4.69, 9.17) is 34.3 Å². The highest BCUT2D eigenvalue weighted by Crippen LogP contribution is 2.66. The summed E-state index contributed by atoms with van der Waals surface area (Å²) in [7, 11) is -16.8. The smallest absolute Gasteiger partial charge is 0.390 e. The Morgan fingerprint density at radius 3 is 2.29 bits per heavy atom. The molecular formula is C16H28N5O17P3. The number of aromatic amines is 1. The molecule has 2 heterocycles. The van der Waals surface area contributed by atoms with Gasteiger partial charge in [0, 0.05) is 24.1 Å². The van der Waals surface area contributed by atoms with E-state index >= 15 is 0 Å². The van der Waals surface area contributed by atoms with Crippen molar-refractivity contribution in [1.82, 2.24) is 9.55 Å². The Morgan fingerprint density at radius 1 is 1.02 bits per heavy atom. The van der Waals surface area contributed by atoms with Crippen LogP contribution in [0.5, 0.6) is 0 Å². The van der Waals surface area contributed by atoms with Gasteiger partial charge in [0.15, 0.2) is 0 Å². The zero-order valence-electron chi connectivity index (χ0n) is 20.9. The molecule has 0 aromatic carbocycles. The first-order valence-electron chi connectivity index (χ1n) is 11.3. The normalized spacial score (nSPS) is 22.1. The average Bonchev–Trinajstić information content (AvgIpc) is 3.20. The maximum absolute atomic E-state index is 12.3. The van der Waals surface area contributed by atoms with Gasteiger partial charge < -0.3 is 43.6 Å². The number of aliphatic hydroxyl groups is 1. The van der Waals surface area contributed by atoms with Gasteiger partial charge in [-0.1, -0.05) is 5.11 Å². The molecule has 0 bridgehead atoms. The van der Waals surface area contributed by atoms with Crippen LogP contribution in [0.3, 0.4) is 0 Å². The van der Waals surface area contributed by atoms with Gasteiger partial charge in [0.2, 0.25) is 0 Å². The molecular weight excluding hydrogens is 627 g/mol. The lowest BCUT2D eigenvalue weighted by Gasteiger charge is -2.19. The molecule has 2 rings (SSSR count). The van der Waals surface area contributed by atoms with Crippen LogP contribution >= 0.6 is 23.5 Å². The lowest BCUT2D eigenvalue weighted by atomic mass is 10.2. The molecule has 0 amide bonds. The van der Waals surface area contributed by atoms with E-state index in [0.29, 0.717) is 0 Å². The lowest BCUT2D eigenvalue weighted by Crippen LogP contribution is -2.34. The van der Waals surface area contributed by atoms with Gasteiger partial charge in [-0.05, 0) is 5.53 Å². The fourth-order valence-corrected chi connectivity index (χ4v) is 6.15. The van der Waals surface area contributed by atoms with Crippen LogP contribution in [-0.4, -0.2) is 92.6 Å². The minimum atomic E-state index is -5.74. The van der Waals surface area contributed by atoms with E-state index in [2.05, 4.69) is 28.2 Å². The van der Waals surface area contributed by atoms with Gasteiger partial charge in [-0.2, -0.15) is 8.62 Å². The number of rotatable bonds is 19. The highest BCUT2D eigenvalue weighted by atomic mass is 31.3. The molecule has 1 fully saturated rings. The van der Waals surface area contributed by atoms with Crippen molar-refractivity contribution in [1.29, 1.82) is 0 Å².